The van der Waals surface area contributed by atoms with Crippen LogP contribution >= 0.6 is 11.6 Å². The van der Waals surface area contributed by atoms with Crippen molar-refractivity contribution in [2.24, 2.45) is 0 Å². The first-order valence-corrected chi connectivity index (χ1v) is 10.2. The third kappa shape index (κ3) is 6.11. The van der Waals surface area contributed by atoms with Crippen LogP contribution in [0.25, 0.3) is 10.8 Å². The molecule has 0 radical (unpaired) electrons. The highest BCUT2D eigenvalue weighted by Crippen LogP contribution is 2.31. The molecule has 0 aliphatic rings. The van der Waals surface area contributed by atoms with Crippen LogP contribution in [0.2, 0.25) is 0 Å². The fourth-order valence-electron chi connectivity index (χ4n) is 3.04. The standard InChI is InChI=1S/C22H31ClO2/c1-3-5-8-15-24-19-11-12-21-18(17-19)10-13-22(20(21)4-2)25-16-9-6-7-14-23/h10-13,17H,3-9,14-16H2,1-2H3. The molecule has 0 N–H and O–H groups in total. The summed E-state index contributed by atoms with van der Waals surface area (Å²) in [6.45, 7) is 5.95. The topological polar surface area (TPSA) is 18.5 Å². The maximum atomic E-state index is 6.03. The van der Waals surface area contributed by atoms with Gasteiger partial charge in [0.05, 0.1) is 13.2 Å². The molecule has 2 aromatic carbocycles. The van der Waals surface area contributed by atoms with Gasteiger partial charge in [-0.05, 0) is 61.1 Å². The minimum Gasteiger partial charge on any atom is -0.494 e. The molecule has 25 heavy (non-hydrogen) atoms. The van der Waals surface area contributed by atoms with E-state index in [1.54, 1.807) is 0 Å². The van der Waals surface area contributed by atoms with Crippen molar-refractivity contribution in [3.05, 3.63) is 35.9 Å². The number of hydrogen-bond acceptors (Lipinski definition) is 2. The summed E-state index contributed by atoms with van der Waals surface area (Å²) in [6, 6.07) is 10.6. The van der Waals surface area contributed by atoms with E-state index in [2.05, 4.69) is 44.2 Å². The van der Waals surface area contributed by atoms with E-state index in [1.165, 1.54) is 29.2 Å². The summed E-state index contributed by atoms with van der Waals surface area (Å²) in [7, 11) is 0. The van der Waals surface area contributed by atoms with Gasteiger partial charge >= 0.3 is 0 Å². The number of hydrogen-bond donors (Lipinski definition) is 0. The molecule has 0 heterocycles. The number of alkyl halides is 1. The molecular formula is C22H31ClO2. The van der Waals surface area contributed by atoms with Gasteiger partial charge in [-0.2, -0.15) is 0 Å². The molecular weight excluding hydrogens is 332 g/mol. The molecule has 0 atom stereocenters. The van der Waals surface area contributed by atoms with Gasteiger partial charge in [-0.25, -0.2) is 0 Å². The summed E-state index contributed by atoms with van der Waals surface area (Å²) >= 11 is 5.72. The molecule has 0 saturated heterocycles. The van der Waals surface area contributed by atoms with E-state index in [9.17, 15) is 0 Å². The van der Waals surface area contributed by atoms with E-state index < -0.39 is 0 Å². The Bertz CT molecular complexity index is 639. The smallest absolute Gasteiger partial charge is 0.123 e. The van der Waals surface area contributed by atoms with Crippen molar-refractivity contribution < 1.29 is 9.47 Å². The van der Waals surface area contributed by atoms with Crippen LogP contribution in [-0.2, 0) is 6.42 Å². The summed E-state index contributed by atoms with van der Waals surface area (Å²) < 4.78 is 11.9. The van der Waals surface area contributed by atoms with Gasteiger partial charge in [-0.1, -0.05) is 38.8 Å². The fraction of sp³-hybridized carbons (Fsp3) is 0.545. The number of ether oxygens (including phenoxy) is 2. The molecule has 0 saturated carbocycles. The van der Waals surface area contributed by atoms with E-state index >= 15 is 0 Å². The molecule has 0 amide bonds. The van der Waals surface area contributed by atoms with Gasteiger partial charge in [-0.3, -0.25) is 0 Å². The lowest BCUT2D eigenvalue weighted by atomic mass is 10.0. The molecule has 0 spiro atoms. The molecule has 2 aromatic rings. The van der Waals surface area contributed by atoms with E-state index in [-0.39, 0.29) is 0 Å². The first-order valence-electron chi connectivity index (χ1n) is 9.67. The molecule has 0 aliphatic carbocycles. The zero-order chi connectivity index (χ0) is 17.9. The second-order valence-corrected chi connectivity index (χ2v) is 6.81. The van der Waals surface area contributed by atoms with Gasteiger partial charge in [0.2, 0.25) is 0 Å². The van der Waals surface area contributed by atoms with Gasteiger partial charge in [-0.15, -0.1) is 11.6 Å². The minimum atomic E-state index is 0.735. The van der Waals surface area contributed by atoms with Crippen molar-refractivity contribution in [1.82, 2.24) is 0 Å². The van der Waals surface area contributed by atoms with E-state index in [1.807, 2.05) is 0 Å². The first-order chi connectivity index (χ1) is 12.3. The second kappa shape index (κ2) is 11.3. The highest BCUT2D eigenvalue weighted by Gasteiger charge is 2.08. The second-order valence-electron chi connectivity index (χ2n) is 6.43. The summed E-state index contributed by atoms with van der Waals surface area (Å²) in [5, 5.41) is 2.49. The van der Waals surface area contributed by atoms with Crippen LogP contribution in [0.1, 0.15) is 57.9 Å². The number of rotatable bonds is 12. The Hall–Kier alpha value is -1.41. The monoisotopic (exact) mass is 362 g/mol. The van der Waals surface area contributed by atoms with Crippen LogP contribution in [-0.4, -0.2) is 19.1 Å². The van der Waals surface area contributed by atoms with Crippen LogP contribution in [0.3, 0.4) is 0 Å². The lowest BCUT2D eigenvalue weighted by Crippen LogP contribution is -2.01. The molecule has 0 aromatic heterocycles. The summed E-state index contributed by atoms with van der Waals surface area (Å²) in [5.41, 5.74) is 1.28. The average molecular weight is 363 g/mol. The van der Waals surface area contributed by atoms with Crippen LogP contribution in [0.5, 0.6) is 11.5 Å². The highest BCUT2D eigenvalue weighted by molar-refractivity contribution is 6.17. The first kappa shape index (κ1) is 19.9. The van der Waals surface area contributed by atoms with Gasteiger partial charge in [0.25, 0.3) is 0 Å². The van der Waals surface area contributed by atoms with Crippen LogP contribution in [0.15, 0.2) is 30.3 Å². The molecule has 2 nitrogen and oxygen atoms in total. The Morgan fingerprint density at radius 3 is 2.40 bits per heavy atom. The Kier molecular flexibility index (Phi) is 8.96. The van der Waals surface area contributed by atoms with Crippen molar-refractivity contribution in [3.63, 3.8) is 0 Å². The average Bonchev–Trinajstić information content (AvgIpc) is 2.64. The predicted octanol–water partition coefficient (Wildman–Crippen LogP) is 6.76. The minimum absolute atomic E-state index is 0.735. The molecule has 0 unspecified atom stereocenters. The van der Waals surface area contributed by atoms with Crippen molar-refractivity contribution in [2.45, 2.75) is 58.8 Å². The van der Waals surface area contributed by atoms with Crippen LogP contribution in [0.4, 0.5) is 0 Å². The van der Waals surface area contributed by atoms with E-state index in [0.717, 1.165) is 62.7 Å². The molecule has 0 aliphatic heterocycles. The van der Waals surface area contributed by atoms with Gasteiger partial charge < -0.3 is 9.47 Å². The number of aryl methyl sites for hydroxylation is 1. The lowest BCUT2D eigenvalue weighted by Gasteiger charge is -2.14. The Morgan fingerprint density at radius 1 is 0.840 bits per heavy atom. The third-order valence-corrected chi connectivity index (χ3v) is 4.73. The SMILES string of the molecule is CCCCCOc1ccc2c(CC)c(OCCCCCCl)ccc2c1. The number of fused-ring (bicyclic) bond motifs is 1. The highest BCUT2D eigenvalue weighted by atomic mass is 35.5. The quantitative estimate of drug-likeness (QED) is 0.306. The molecule has 2 rings (SSSR count). The van der Waals surface area contributed by atoms with Crippen molar-refractivity contribution in [1.29, 1.82) is 0 Å². The van der Waals surface area contributed by atoms with Gasteiger partial charge in [0.15, 0.2) is 0 Å². The van der Waals surface area contributed by atoms with Gasteiger partial charge in [0, 0.05) is 11.4 Å². The van der Waals surface area contributed by atoms with Gasteiger partial charge in [0.1, 0.15) is 11.5 Å². The number of unbranched alkanes of at least 4 members (excludes halogenated alkanes) is 4. The molecule has 0 bridgehead atoms. The molecule has 0 fully saturated rings. The Morgan fingerprint density at radius 2 is 1.64 bits per heavy atom. The number of benzene rings is 2. The third-order valence-electron chi connectivity index (χ3n) is 4.47. The molecule has 138 valence electrons. The maximum Gasteiger partial charge on any atom is 0.123 e. The Balaban J connectivity index is 2.05. The van der Waals surface area contributed by atoms with Crippen LogP contribution < -0.4 is 9.47 Å². The zero-order valence-electron chi connectivity index (χ0n) is 15.7. The summed E-state index contributed by atoms with van der Waals surface area (Å²) in [5.74, 6) is 2.71. The summed E-state index contributed by atoms with van der Waals surface area (Å²) in [6.07, 6.45) is 7.76. The Labute approximate surface area is 157 Å². The van der Waals surface area contributed by atoms with E-state index in [4.69, 9.17) is 21.1 Å². The summed E-state index contributed by atoms with van der Waals surface area (Å²) in [4.78, 5) is 0. The normalized spacial score (nSPS) is 11.0. The van der Waals surface area contributed by atoms with Crippen molar-refractivity contribution in [3.8, 4) is 11.5 Å². The lowest BCUT2D eigenvalue weighted by molar-refractivity contribution is 0.304. The number of halogens is 1. The van der Waals surface area contributed by atoms with E-state index in [0.29, 0.717) is 0 Å². The van der Waals surface area contributed by atoms with Crippen molar-refractivity contribution >= 4 is 22.4 Å². The zero-order valence-corrected chi connectivity index (χ0v) is 16.4. The molecule has 3 heteroatoms. The largest absolute Gasteiger partial charge is 0.494 e. The van der Waals surface area contributed by atoms with Crippen molar-refractivity contribution in [2.75, 3.05) is 19.1 Å². The van der Waals surface area contributed by atoms with Crippen LogP contribution in [0, 0.1) is 0 Å². The fourth-order valence-corrected chi connectivity index (χ4v) is 3.23. The maximum absolute atomic E-state index is 6.03. The predicted molar refractivity (Wildman–Crippen MR) is 108 cm³/mol.